The number of piperidine rings is 1. The Morgan fingerprint density at radius 3 is 2.52 bits per heavy atom. The third-order valence-electron chi connectivity index (χ3n) is 3.87. The van der Waals surface area contributed by atoms with Gasteiger partial charge in [-0.2, -0.15) is 0 Å². The second kappa shape index (κ2) is 8.31. The van der Waals surface area contributed by atoms with Crippen LogP contribution in [0.2, 0.25) is 0 Å². The van der Waals surface area contributed by atoms with Gasteiger partial charge in [-0.15, -0.1) is 0 Å². The van der Waals surface area contributed by atoms with E-state index in [-0.39, 0.29) is 17.9 Å². The van der Waals surface area contributed by atoms with Crippen LogP contribution in [-0.4, -0.2) is 50.9 Å². The van der Waals surface area contributed by atoms with E-state index in [1.807, 2.05) is 30.3 Å². The van der Waals surface area contributed by atoms with Crippen molar-refractivity contribution in [2.45, 2.75) is 32.2 Å². The van der Waals surface area contributed by atoms with Gasteiger partial charge in [0.1, 0.15) is 0 Å². The molecule has 1 aliphatic rings. The van der Waals surface area contributed by atoms with Gasteiger partial charge in [0.2, 0.25) is 10.0 Å². The molecule has 1 aliphatic heterocycles. The first-order valence-corrected chi connectivity index (χ1v) is 9.61. The Hall–Kier alpha value is -1.60. The molecule has 0 spiro atoms. The molecule has 0 radical (unpaired) electrons. The van der Waals surface area contributed by atoms with Gasteiger partial charge < -0.3 is 9.64 Å². The van der Waals surface area contributed by atoms with Crippen LogP contribution in [0.3, 0.4) is 0 Å². The van der Waals surface area contributed by atoms with Gasteiger partial charge in [-0.05, 0) is 31.7 Å². The molecule has 1 heterocycles. The topological polar surface area (TPSA) is 75.7 Å². The number of carbonyl (C=O) groups is 1. The summed E-state index contributed by atoms with van der Waals surface area (Å²) in [5.74, 6) is 0.0785. The molecular weight excluding hydrogens is 316 g/mol. The number of nitrogens with zero attached hydrogens (tertiary/aromatic N) is 1. The predicted octanol–water partition coefficient (Wildman–Crippen LogP) is 1.77. The highest BCUT2D eigenvalue weighted by molar-refractivity contribution is 7.89. The summed E-state index contributed by atoms with van der Waals surface area (Å²) in [6.45, 7) is 3.16. The van der Waals surface area contributed by atoms with Crippen molar-refractivity contribution in [3.8, 4) is 0 Å². The molecule has 2 rings (SSSR count). The van der Waals surface area contributed by atoms with Crippen LogP contribution in [0.25, 0.3) is 0 Å². The van der Waals surface area contributed by atoms with Crippen LogP contribution in [-0.2, 0) is 21.2 Å². The number of amides is 1. The average molecular weight is 340 g/mol. The van der Waals surface area contributed by atoms with E-state index in [1.165, 1.54) is 0 Å². The van der Waals surface area contributed by atoms with Crippen LogP contribution in [0.5, 0.6) is 0 Å². The van der Waals surface area contributed by atoms with Crippen LogP contribution in [0.4, 0.5) is 4.79 Å². The molecule has 1 N–H and O–H groups in total. The van der Waals surface area contributed by atoms with Gasteiger partial charge in [0.15, 0.2) is 0 Å². The standard InChI is InChI=1S/C16H24N2O4S/c1-2-22-16(19)18-11-8-15(9-12-18)17-23(20,21)13-10-14-6-4-3-5-7-14/h3-7,15,17H,2,8-13H2,1H3. The number of benzene rings is 1. The smallest absolute Gasteiger partial charge is 0.409 e. The fraction of sp³-hybridized carbons (Fsp3) is 0.562. The third-order valence-corrected chi connectivity index (χ3v) is 5.30. The predicted molar refractivity (Wildman–Crippen MR) is 88.7 cm³/mol. The van der Waals surface area contributed by atoms with E-state index in [9.17, 15) is 13.2 Å². The minimum Gasteiger partial charge on any atom is -0.450 e. The molecule has 0 atom stereocenters. The van der Waals surface area contributed by atoms with Gasteiger partial charge in [-0.1, -0.05) is 30.3 Å². The summed E-state index contributed by atoms with van der Waals surface area (Å²) in [4.78, 5) is 13.2. The van der Waals surface area contributed by atoms with Gasteiger partial charge >= 0.3 is 6.09 Å². The summed E-state index contributed by atoms with van der Waals surface area (Å²) >= 11 is 0. The molecule has 0 aliphatic carbocycles. The van der Waals surface area contributed by atoms with Crippen molar-refractivity contribution in [1.29, 1.82) is 0 Å². The zero-order valence-electron chi connectivity index (χ0n) is 13.4. The number of carbonyl (C=O) groups excluding carboxylic acids is 1. The molecule has 1 aromatic carbocycles. The van der Waals surface area contributed by atoms with Gasteiger partial charge in [0.05, 0.1) is 12.4 Å². The highest BCUT2D eigenvalue weighted by Gasteiger charge is 2.26. The van der Waals surface area contributed by atoms with Gasteiger partial charge in [0, 0.05) is 19.1 Å². The number of hydrogen-bond acceptors (Lipinski definition) is 4. The summed E-state index contributed by atoms with van der Waals surface area (Å²) in [5.41, 5.74) is 1.01. The fourth-order valence-electron chi connectivity index (χ4n) is 2.60. The number of hydrogen-bond donors (Lipinski definition) is 1. The lowest BCUT2D eigenvalue weighted by atomic mass is 10.1. The van der Waals surface area contributed by atoms with Crippen molar-refractivity contribution in [3.63, 3.8) is 0 Å². The number of likely N-dealkylation sites (tertiary alicyclic amines) is 1. The molecule has 0 aromatic heterocycles. The molecule has 0 saturated carbocycles. The van der Waals surface area contributed by atoms with E-state index in [2.05, 4.69) is 4.72 Å². The average Bonchev–Trinajstić information content (AvgIpc) is 2.55. The Bertz CT molecular complexity index is 596. The summed E-state index contributed by atoms with van der Waals surface area (Å²) < 4.78 is 32.1. The van der Waals surface area contributed by atoms with E-state index >= 15 is 0 Å². The van der Waals surface area contributed by atoms with E-state index in [4.69, 9.17) is 4.74 Å². The summed E-state index contributed by atoms with van der Waals surface area (Å²) in [6.07, 6.45) is 1.41. The molecule has 1 saturated heterocycles. The molecule has 0 bridgehead atoms. The minimum atomic E-state index is -3.31. The number of sulfonamides is 1. The Morgan fingerprint density at radius 1 is 1.26 bits per heavy atom. The van der Waals surface area contributed by atoms with Crippen molar-refractivity contribution in [2.24, 2.45) is 0 Å². The van der Waals surface area contributed by atoms with Crippen molar-refractivity contribution < 1.29 is 17.9 Å². The first kappa shape index (κ1) is 17.7. The second-order valence-corrected chi connectivity index (χ2v) is 7.51. The molecule has 6 nitrogen and oxygen atoms in total. The quantitative estimate of drug-likeness (QED) is 0.856. The minimum absolute atomic E-state index is 0.0785. The molecule has 1 fully saturated rings. The first-order valence-electron chi connectivity index (χ1n) is 7.96. The maximum Gasteiger partial charge on any atom is 0.409 e. The van der Waals surface area contributed by atoms with Gasteiger partial charge in [0.25, 0.3) is 0 Å². The number of ether oxygens (including phenoxy) is 1. The van der Waals surface area contributed by atoms with Crippen LogP contribution < -0.4 is 4.72 Å². The van der Waals surface area contributed by atoms with Crippen LogP contribution in [0, 0.1) is 0 Å². The molecular formula is C16H24N2O4S. The van der Waals surface area contributed by atoms with Crippen molar-refractivity contribution in [2.75, 3.05) is 25.4 Å². The maximum absolute atomic E-state index is 12.2. The Kier molecular flexibility index (Phi) is 6.41. The number of aryl methyl sites for hydroxylation is 1. The largest absolute Gasteiger partial charge is 0.450 e. The lowest BCUT2D eigenvalue weighted by molar-refractivity contribution is 0.0966. The SMILES string of the molecule is CCOC(=O)N1CCC(NS(=O)(=O)CCc2ccccc2)CC1. The van der Waals surface area contributed by atoms with Crippen LogP contribution >= 0.6 is 0 Å². The third kappa shape index (κ3) is 5.84. The molecule has 7 heteroatoms. The van der Waals surface area contributed by atoms with Gasteiger partial charge in [-0.25, -0.2) is 17.9 Å². The lowest BCUT2D eigenvalue weighted by Crippen LogP contribution is -2.47. The summed E-state index contributed by atoms with van der Waals surface area (Å²) in [6, 6.07) is 9.45. The van der Waals surface area contributed by atoms with E-state index in [0.29, 0.717) is 39.0 Å². The molecule has 1 amide bonds. The molecule has 0 unspecified atom stereocenters. The zero-order valence-corrected chi connectivity index (χ0v) is 14.2. The van der Waals surface area contributed by atoms with Gasteiger partial charge in [-0.3, -0.25) is 0 Å². The fourth-order valence-corrected chi connectivity index (χ4v) is 3.97. The normalized spacial score (nSPS) is 16.3. The first-order chi connectivity index (χ1) is 11.0. The molecule has 23 heavy (non-hydrogen) atoms. The Morgan fingerprint density at radius 2 is 1.91 bits per heavy atom. The number of rotatable bonds is 6. The number of nitrogens with one attached hydrogen (secondary N) is 1. The Balaban J connectivity index is 1.77. The maximum atomic E-state index is 12.2. The lowest BCUT2D eigenvalue weighted by Gasteiger charge is -2.31. The van der Waals surface area contributed by atoms with E-state index in [0.717, 1.165) is 5.56 Å². The summed E-state index contributed by atoms with van der Waals surface area (Å²) in [5, 5.41) is 0. The van der Waals surface area contributed by atoms with Crippen LogP contribution in [0.1, 0.15) is 25.3 Å². The Labute approximate surface area is 137 Å². The molecule has 1 aromatic rings. The van der Waals surface area contributed by atoms with Crippen molar-refractivity contribution in [3.05, 3.63) is 35.9 Å². The monoisotopic (exact) mass is 340 g/mol. The highest BCUT2D eigenvalue weighted by Crippen LogP contribution is 2.13. The molecule has 128 valence electrons. The van der Waals surface area contributed by atoms with E-state index in [1.54, 1.807) is 11.8 Å². The van der Waals surface area contributed by atoms with Crippen LogP contribution in [0.15, 0.2) is 30.3 Å². The second-order valence-electron chi connectivity index (χ2n) is 5.63. The summed E-state index contributed by atoms with van der Waals surface area (Å²) in [7, 11) is -3.31. The highest BCUT2D eigenvalue weighted by atomic mass is 32.2. The van der Waals surface area contributed by atoms with E-state index < -0.39 is 10.0 Å². The van der Waals surface area contributed by atoms with Crippen molar-refractivity contribution in [1.82, 2.24) is 9.62 Å². The van der Waals surface area contributed by atoms with Crippen molar-refractivity contribution >= 4 is 16.1 Å². The zero-order chi connectivity index (χ0) is 16.7.